The van der Waals surface area contributed by atoms with Gasteiger partial charge in [-0.1, -0.05) is 20.3 Å². The first-order valence-electron chi connectivity index (χ1n) is 7.60. The minimum absolute atomic E-state index is 0.523. The lowest BCUT2D eigenvalue weighted by Crippen LogP contribution is -2.50. The summed E-state index contributed by atoms with van der Waals surface area (Å²) in [5.41, 5.74) is -0.523. The van der Waals surface area contributed by atoms with Gasteiger partial charge in [-0.3, -0.25) is 9.69 Å². The molecule has 0 aromatic heterocycles. The maximum absolute atomic E-state index is 11.6. The monoisotopic (exact) mass is 253 g/mol. The molecule has 3 nitrogen and oxygen atoms in total. The van der Waals surface area contributed by atoms with Gasteiger partial charge in [-0.2, -0.15) is 0 Å². The molecular formula is C15H27NO2. The third kappa shape index (κ3) is 2.42. The largest absolute Gasteiger partial charge is 0.481 e. The minimum Gasteiger partial charge on any atom is -0.481 e. The van der Waals surface area contributed by atoms with Crippen molar-refractivity contribution in [2.24, 2.45) is 11.3 Å². The van der Waals surface area contributed by atoms with Gasteiger partial charge in [-0.05, 0) is 51.0 Å². The number of hydrogen-bond acceptors (Lipinski definition) is 2. The van der Waals surface area contributed by atoms with Crippen molar-refractivity contribution >= 4 is 5.97 Å². The molecule has 104 valence electrons. The van der Waals surface area contributed by atoms with Gasteiger partial charge in [0.1, 0.15) is 0 Å². The first-order chi connectivity index (χ1) is 8.63. The van der Waals surface area contributed by atoms with Crippen LogP contribution in [-0.4, -0.2) is 35.1 Å². The van der Waals surface area contributed by atoms with Crippen molar-refractivity contribution in [3.63, 3.8) is 0 Å². The Morgan fingerprint density at radius 3 is 2.50 bits per heavy atom. The van der Waals surface area contributed by atoms with E-state index in [1.165, 1.54) is 32.1 Å². The predicted octanol–water partition coefficient (Wildman–Crippen LogP) is 3.14. The lowest BCUT2D eigenvalue weighted by Gasteiger charge is -2.42. The summed E-state index contributed by atoms with van der Waals surface area (Å²) in [5, 5.41) is 9.57. The maximum Gasteiger partial charge on any atom is 0.310 e. The highest BCUT2D eigenvalue weighted by atomic mass is 16.4. The summed E-state index contributed by atoms with van der Waals surface area (Å²) in [6.07, 6.45) is 8.08. The highest BCUT2D eigenvalue weighted by molar-refractivity contribution is 5.74. The molecule has 0 radical (unpaired) electrons. The van der Waals surface area contributed by atoms with E-state index in [-0.39, 0.29) is 0 Å². The van der Waals surface area contributed by atoms with Crippen LogP contribution in [0.2, 0.25) is 0 Å². The van der Waals surface area contributed by atoms with Crippen LogP contribution in [0, 0.1) is 11.3 Å². The Kier molecular flexibility index (Phi) is 4.31. The fraction of sp³-hybridized carbons (Fsp3) is 0.933. The average molecular weight is 253 g/mol. The molecule has 2 fully saturated rings. The molecule has 1 N–H and O–H groups in total. The Bertz CT molecular complexity index is 299. The fourth-order valence-electron chi connectivity index (χ4n) is 3.99. The van der Waals surface area contributed by atoms with Gasteiger partial charge < -0.3 is 5.11 Å². The second kappa shape index (κ2) is 5.60. The number of carboxylic acid groups (broad SMARTS) is 1. The Hall–Kier alpha value is -0.570. The van der Waals surface area contributed by atoms with Crippen molar-refractivity contribution in [2.75, 3.05) is 13.1 Å². The molecule has 2 unspecified atom stereocenters. The van der Waals surface area contributed by atoms with Gasteiger partial charge in [0.05, 0.1) is 5.41 Å². The van der Waals surface area contributed by atoms with Crippen molar-refractivity contribution in [3.05, 3.63) is 0 Å². The molecule has 1 saturated carbocycles. The van der Waals surface area contributed by atoms with E-state index in [0.29, 0.717) is 6.04 Å². The lowest BCUT2D eigenvalue weighted by atomic mass is 9.80. The Balaban J connectivity index is 2.08. The molecule has 0 bridgehead atoms. The molecule has 18 heavy (non-hydrogen) atoms. The first-order valence-corrected chi connectivity index (χ1v) is 7.60. The Labute approximate surface area is 111 Å². The summed E-state index contributed by atoms with van der Waals surface area (Å²) in [6, 6.07) is 0.676. The molecule has 0 aromatic rings. The van der Waals surface area contributed by atoms with E-state index in [4.69, 9.17) is 0 Å². The van der Waals surface area contributed by atoms with Crippen LogP contribution in [-0.2, 0) is 4.79 Å². The van der Waals surface area contributed by atoms with E-state index < -0.39 is 11.4 Å². The maximum atomic E-state index is 11.6. The third-order valence-corrected chi connectivity index (χ3v) is 5.42. The van der Waals surface area contributed by atoms with Crippen molar-refractivity contribution in [1.82, 2.24) is 4.90 Å². The Morgan fingerprint density at radius 1 is 1.22 bits per heavy atom. The van der Waals surface area contributed by atoms with Crippen molar-refractivity contribution in [1.29, 1.82) is 0 Å². The topological polar surface area (TPSA) is 40.5 Å². The summed E-state index contributed by atoms with van der Waals surface area (Å²) in [7, 11) is 0. The van der Waals surface area contributed by atoms with Gasteiger partial charge in [0.15, 0.2) is 0 Å². The Morgan fingerprint density at radius 2 is 1.89 bits per heavy atom. The van der Waals surface area contributed by atoms with Gasteiger partial charge in [0.25, 0.3) is 0 Å². The average Bonchev–Trinajstić information content (AvgIpc) is 2.84. The second-order valence-electron chi connectivity index (χ2n) is 6.16. The highest BCUT2D eigenvalue weighted by Gasteiger charge is 2.42. The van der Waals surface area contributed by atoms with Crippen molar-refractivity contribution in [3.8, 4) is 0 Å². The number of rotatable bonds is 5. The molecule has 0 spiro atoms. The molecule has 2 atom stereocenters. The number of hydrogen-bond donors (Lipinski definition) is 1. The number of likely N-dealkylation sites (tertiary alicyclic amines) is 1. The zero-order valence-corrected chi connectivity index (χ0v) is 11.8. The predicted molar refractivity (Wildman–Crippen MR) is 72.6 cm³/mol. The normalized spacial score (nSPS) is 29.2. The van der Waals surface area contributed by atoms with E-state index in [1.54, 1.807) is 0 Å². The zero-order chi connectivity index (χ0) is 13.2. The van der Waals surface area contributed by atoms with Crippen LogP contribution >= 0.6 is 0 Å². The summed E-state index contributed by atoms with van der Waals surface area (Å²) < 4.78 is 0. The molecule has 2 rings (SSSR count). The van der Waals surface area contributed by atoms with Crippen LogP contribution in [0.3, 0.4) is 0 Å². The number of carboxylic acids is 1. The third-order valence-electron chi connectivity index (χ3n) is 5.42. The zero-order valence-electron chi connectivity index (χ0n) is 11.8. The highest BCUT2D eigenvalue weighted by Crippen LogP contribution is 2.39. The van der Waals surface area contributed by atoms with Gasteiger partial charge >= 0.3 is 5.97 Å². The molecule has 1 aliphatic carbocycles. The van der Waals surface area contributed by atoms with Crippen LogP contribution in [0.15, 0.2) is 0 Å². The molecule has 3 heteroatoms. The molecule has 2 aliphatic rings. The van der Waals surface area contributed by atoms with E-state index in [2.05, 4.69) is 4.90 Å². The first kappa shape index (κ1) is 13.9. The summed E-state index contributed by atoms with van der Waals surface area (Å²) in [5.74, 6) is 0.242. The molecule has 0 aromatic carbocycles. The number of aliphatic carboxylic acids is 1. The minimum atomic E-state index is -0.604. The fourth-order valence-corrected chi connectivity index (χ4v) is 3.99. The van der Waals surface area contributed by atoms with Crippen molar-refractivity contribution in [2.45, 2.75) is 64.8 Å². The van der Waals surface area contributed by atoms with E-state index in [9.17, 15) is 9.90 Å². The van der Waals surface area contributed by atoms with E-state index >= 15 is 0 Å². The van der Waals surface area contributed by atoms with Gasteiger partial charge in [-0.15, -0.1) is 0 Å². The van der Waals surface area contributed by atoms with Crippen LogP contribution < -0.4 is 0 Å². The van der Waals surface area contributed by atoms with Crippen LogP contribution in [0.1, 0.15) is 58.8 Å². The summed E-state index contributed by atoms with van der Waals surface area (Å²) in [6.45, 7) is 5.91. The molecule has 1 saturated heterocycles. The van der Waals surface area contributed by atoms with Gasteiger partial charge in [0.2, 0.25) is 0 Å². The van der Waals surface area contributed by atoms with Crippen LogP contribution in [0.5, 0.6) is 0 Å². The smallest absolute Gasteiger partial charge is 0.310 e. The van der Waals surface area contributed by atoms with Crippen LogP contribution in [0.4, 0.5) is 0 Å². The number of piperidine rings is 1. The van der Waals surface area contributed by atoms with E-state index in [0.717, 1.165) is 31.8 Å². The van der Waals surface area contributed by atoms with E-state index in [1.807, 2.05) is 13.8 Å². The van der Waals surface area contributed by atoms with Gasteiger partial charge in [-0.25, -0.2) is 0 Å². The molecule has 1 aliphatic heterocycles. The molecule has 1 heterocycles. The summed E-state index contributed by atoms with van der Waals surface area (Å²) in [4.78, 5) is 14.1. The van der Waals surface area contributed by atoms with Crippen molar-refractivity contribution < 1.29 is 9.90 Å². The lowest BCUT2D eigenvalue weighted by molar-refractivity contribution is -0.151. The standard InChI is InChI=1S/C15H27NO2/c1-3-15(4-2,14(17)18)11-16-10-6-8-12-7-5-9-13(12)16/h12-13H,3-11H2,1-2H3,(H,17,18). The summed E-state index contributed by atoms with van der Waals surface area (Å²) >= 11 is 0. The second-order valence-corrected chi connectivity index (χ2v) is 6.16. The SMILES string of the molecule is CCC(CC)(CN1CCCC2CCCC21)C(=O)O. The number of carbonyl (C=O) groups is 1. The molecular weight excluding hydrogens is 226 g/mol. The van der Waals surface area contributed by atoms with Gasteiger partial charge in [0, 0.05) is 12.6 Å². The number of fused-ring (bicyclic) bond motifs is 1. The quantitative estimate of drug-likeness (QED) is 0.818. The van der Waals surface area contributed by atoms with Crippen LogP contribution in [0.25, 0.3) is 0 Å². The number of nitrogens with zero attached hydrogens (tertiary/aromatic N) is 1. The molecule has 0 amide bonds.